The van der Waals surface area contributed by atoms with Crippen LogP contribution in [0.5, 0.6) is 0 Å². The average molecular weight is 290 g/mol. The summed E-state index contributed by atoms with van der Waals surface area (Å²) in [7, 11) is 0. The van der Waals surface area contributed by atoms with Crippen molar-refractivity contribution in [3.05, 3.63) is 12.2 Å². The molecular weight excluding hydrogens is 264 g/mol. The van der Waals surface area contributed by atoms with E-state index in [4.69, 9.17) is 9.47 Å². The first-order chi connectivity index (χ1) is 10.3. The van der Waals surface area contributed by atoms with Gasteiger partial charge in [-0.2, -0.15) is 0 Å². The molecule has 4 unspecified atom stereocenters. The molecule has 3 heteroatoms. The molecule has 0 aromatic heterocycles. The summed E-state index contributed by atoms with van der Waals surface area (Å²) in [4.78, 5) is 12.8. The molecule has 0 aromatic carbocycles. The Labute approximate surface area is 127 Å². The lowest BCUT2D eigenvalue weighted by Crippen LogP contribution is -2.48. The monoisotopic (exact) mass is 290 g/mol. The Morgan fingerprint density at radius 2 is 1.95 bits per heavy atom. The Morgan fingerprint density at radius 1 is 1.10 bits per heavy atom. The molecule has 0 amide bonds. The number of hydrogen-bond acceptors (Lipinski definition) is 3. The van der Waals surface area contributed by atoms with Crippen LogP contribution in [-0.4, -0.2) is 24.3 Å². The van der Waals surface area contributed by atoms with Crippen molar-refractivity contribution < 1.29 is 14.3 Å². The quantitative estimate of drug-likeness (QED) is 0.588. The van der Waals surface area contributed by atoms with Crippen LogP contribution < -0.4 is 0 Å². The van der Waals surface area contributed by atoms with Crippen LogP contribution in [0.25, 0.3) is 0 Å². The molecule has 3 fully saturated rings. The minimum absolute atomic E-state index is 0.0595. The summed E-state index contributed by atoms with van der Waals surface area (Å²) in [5.74, 6) is 1.23. The fraction of sp³-hybridized carbons (Fsp3) is 0.833. The van der Waals surface area contributed by atoms with E-state index >= 15 is 0 Å². The summed E-state index contributed by atoms with van der Waals surface area (Å²) in [6, 6.07) is 0. The van der Waals surface area contributed by atoms with Crippen molar-refractivity contribution in [2.24, 2.45) is 17.8 Å². The second-order valence-corrected chi connectivity index (χ2v) is 7.43. The number of allylic oxidation sites excluding steroid dienone is 2. The van der Waals surface area contributed by atoms with Gasteiger partial charge in [-0.25, -0.2) is 0 Å². The third kappa shape index (κ3) is 2.44. The molecule has 3 nitrogen and oxygen atoms in total. The highest BCUT2D eigenvalue weighted by Gasteiger charge is 2.48. The molecule has 2 saturated carbocycles. The first-order valence-electron chi connectivity index (χ1n) is 8.80. The maximum absolute atomic E-state index is 12.8. The van der Waals surface area contributed by atoms with E-state index in [1.54, 1.807) is 0 Å². The molecule has 21 heavy (non-hydrogen) atoms. The number of carbonyl (C=O) groups is 1. The van der Waals surface area contributed by atoms with Crippen LogP contribution in [0.3, 0.4) is 0 Å². The first kappa shape index (κ1) is 13.8. The Balaban J connectivity index is 1.48. The van der Waals surface area contributed by atoms with Gasteiger partial charge in [0, 0.05) is 6.61 Å². The first-order valence-corrected chi connectivity index (χ1v) is 8.80. The van der Waals surface area contributed by atoms with Gasteiger partial charge in [-0.3, -0.25) is 4.79 Å². The van der Waals surface area contributed by atoms with Crippen LogP contribution in [-0.2, 0) is 14.3 Å². The van der Waals surface area contributed by atoms with Crippen molar-refractivity contribution in [3.8, 4) is 0 Å². The van der Waals surface area contributed by atoms with Crippen LogP contribution in [0.1, 0.15) is 57.8 Å². The molecule has 116 valence electrons. The maximum Gasteiger partial charge on any atom is 0.310 e. The van der Waals surface area contributed by atoms with E-state index in [-0.39, 0.29) is 23.6 Å². The van der Waals surface area contributed by atoms with Crippen molar-refractivity contribution in [2.45, 2.75) is 69.5 Å². The summed E-state index contributed by atoms with van der Waals surface area (Å²) in [6.07, 6.45) is 14.6. The fourth-order valence-corrected chi connectivity index (χ4v) is 4.96. The Morgan fingerprint density at radius 3 is 2.57 bits per heavy atom. The molecule has 0 radical (unpaired) electrons. The molecule has 4 atom stereocenters. The van der Waals surface area contributed by atoms with Gasteiger partial charge in [0.05, 0.1) is 12.0 Å². The highest BCUT2D eigenvalue weighted by molar-refractivity contribution is 5.74. The molecule has 1 aliphatic heterocycles. The lowest BCUT2D eigenvalue weighted by molar-refractivity contribution is -0.186. The molecule has 0 N–H and O–H groups in total. The molecule has 4 aliphatic rings. The molecule has 0 spiro atoms. The topological polar surface area (TPSA) is 35.5 Å². The highest BCUT2D eigenvalue weighted by atomic mass is 16.6. The van der Waals surface area contributed by atoms with Gasteiger partial charge in [-0.05, 0) is 63.2 Å². The molecule has 1 saturated heterocycles. The molecule has 4 rings (SSSR count). The zero-order valence-corrected chi connectivity index (χ0v) is 12.8. The fourth-order valence-electron chi connectivity index (χ4n) is 4.96. The Bertz CT molecular complexity index is 430. The number of ether oxygens (including phenoxy) is 2. The van der Waals surface area contributed by atoms with Gasteiger partial charge < -0.3 is 9.47 Å². The normalized spacial score (nSPS) is 40.6. The summed E-state index contributed by atoms with van der Waals surface area (Å²) in [6.45, 7) is 0.834. The highest BCUT2D eigenvalue weighted by Crippen LogP contribution is 2.46. The van der Waals surface area contributed by atoms with E-state index < -0.39 is 0 Å². The van der Waals surface area contributed by atoms with Crippen LogP contribution >= 0.6 is 0 Å². The zero-order chi connectivity index (χ0) is 14.3. The summed E-state index contributed by atoms with van der Waals surface area (Å²) in [5.41, 5.74) is -0.308. The van der Waals surface area contributed by atoms with Gasteiger partial charge in [0.25, 0.3) is 0 Å². The second-order valence-electron chi connectivity index (χ2n) is 7.43. The number of fused-ring (bicyclic) bond motifs is 2. The van der Waals surface area contributed by atoms with E-state index in [1.165, 1.54) is 19.3 Å². The minimum atomic E-state index is -0.308. The van der Waals surface area contributed by atoms with E-state index in [2.05, 4.69) is 12.2 Å². The lowest BCUT2D eigenvalue weighted by Gasteiger charge is -2.41. The molecular formula is C18H26O3. The van der Waals surface area contributed by atoms with E-state index in [0.29, 0.717) is 11.8 Å². The van der Waals surface area contributed by atoms with E-state index in [9.17, 15) is 4.79 Å². The van der Waals surface area contributed by atoms with Crippen molar-refractivity contribution in [2.75, 3.05) is 6.61 Å². The Hall–Kier alpha value is -0.830. The van der Waals surface area contributed by atoms with Gasteiger partial charge in [0.2, 0.25) is 0 Å². The third-order valence-corrected chi connectivity index (χ3v) is 6.10. The predicted molar refractivity (Wildman–Crippen MR) is 79.7 cm³/mol. The number of carbonyl (C=O) groups excluding carboxylic acids is 1. The summed E-state index contributed by atoms with van der Waals surface area (Å²) in [5, 5.41) is 0. The maximum atomic E-state index is 12.8. The van der Waals surface area contributed by atoms with Crippen LogP contribution in [0, 0.1) is 17.8 Å². The molecule has 0 aromatic rings. The van der Waals surface area contributed by atoms with Crippen LogP contribution in [0.2, 0.25) is 0 Å². The molecule has 2 bridgehead atoms. The van der Waals surface area contributed by atoms with Gasteiger partial charge in [0.1, 0.15) is 5.60 Å². The van der Waals surface area contributed by atoms with Gasteiger partial charge in [0.15, 0.2) is 0 Å². The predicted octanol–water partition coefficient (Wildman–Crippen LogP) is 3.62. The van der Waals surface area contributed by atoms with Crippen molar-refractivity contribution in [1.29, 1.82) is 0 Å². The third-order valence-electron chi connectivity index (χ3n) is 6.10. The minimum Gasteiger partial charge on any atom is -0.456 e. The van der Waals surface area contributed by atoms with E-state index in [0.717, 1.165) is 45.1 Å². The molecule has 3 aliphatic carbocycles. The largest absolute Gasteiger partial charge is 0.456 e. The van der Waals surface area contributed by atoms with Crippen LogP contribution in [0.15, 0.2) is 12.2 Å². The van der Waals surface area contributed by atoms with Crippen LogP contribution in [0.4, 0.5) is 0 Å². The zero-order valence-electron chi connectivity index (χ0n) is 12.8. The van der Waals surface area contributed by atoms with Gasteiger partial charge >= 0.3 is 5.97 Å². The lowest BCUT2D eigenvalue weighted by atomic mass is 9.79. The van der Waals surface area contributed by atoms with Crippen molar-refractivity contribution >= 4 is 5.97 Å². The standard InChI is InChI=1S/C18H26O3/c19-17(15-12-13-6-7-14(15)11-13)21-18(8-2-1-3-9-18)16-5-4-10-20-16/h6-7,13-16H,1-5,8-12H2. The summed E-state index contributed by atoms with van der Waals surface area (Å²) >= 11 is 0. The summed E-state index contributed by atoms with van der Waals surface area (Å²) < 4.78 is 12.1. The van der Waals surface area contributed by atoms with Crippen molar-refractivity contribution in [3.63, 3.8) is 0 Å². The number of hydrogen-bond donors (Lipinski definition) is 0. The smallest absolute Gasteiger partial charge is 0.310 e. The van der Waals surface area contributed by atoms with Gasteiger partial charge in [-0.1, -0.05) is 18.6 Å². The van der Waals surface area contributed by atoms with Crippen molar-refractivity contribution in [1.82, 2.24) is 0 Å². The second kappa shape index (κ2) is 5.42. The average Bonchev–Trinajstić information content (AvgIpc) is 3.25. The number of rotatable bonds is 3. The SMILES string of the molecule is O=C(OC1(C2CCCO2)CCCCC1)C1CC2C=CC1C2. The number of esters is 1. The Kier molecular flexibility index (Phi) is 3.56. The molecule has 1 heterocycles. The van der Waals surface area contributed by atoms with Gasteiger partial charge in [-0.15, -0.1) is 0 Å². The van der Waals surface area contributed by atoms with E-state index in [1.807, 2.05) is 0 Å².